The smallest absolute Gasteiger partial charge is 0.197 e. The maximum Gasteiger partial charge on any atom is 0.197 e. The number of hydrogen-bond acceptors (Lipinski definition) is 5. The van der Waals surface area contributed by atoms with Crippen LogP contribution < -0.4 is 15.8 Å². The van der Waals surface area contributed by atoms with E-state index < -0.39 is 0 Å². The van der Waals surface area contributed by atoms with Gasteiger partial charge >= 0.3 is 0 Å². The lowest BCUT2D eigenvalue weighted by Gasteiger charge is -2.13. The number of methoxy groups -OCH3 is 1. The van der Waals surface area contributed by atoms with Crippen LogP contribution in [0.25, 0.3) is 0 Å². The van der Waals surface area contributed by atoms with Gasteiger partial charge in [-0.2, -0.15) is 4.37 Å². The highest BCUT2D eigenvalue weighted by molar-refractivity contribution is 7.11. The molecule has 0 saturated heterocycles. The van der Waals surface area contributed by atoms with E-state index in [1.54, 1.807) is 7.11 Å². The topological polar surface area (TPSA) is 60.2 Å². The summed E-state index contributed by atoms with van der Waals surface area (Å²) in [6.45, 7) is 3.24. The minimum Gasteiger partial charge on any atom is -0.490 e. The first-order chi connectivity index (χ1) is 7.21. The van der Waals surface area contributed by atoms with Crippen molar-refractivity contribution in [2.75, 3.05) is 24.7 Å². The normalized spacial score (nSPS) is 17.5. The van der Waals surface area contributed by atoms with E-state index in [9.17, 15) is 0 Å². The molecule has 0 aromatic carbocycles. The molecule has 84 valence electrons. The van der Waals surface area contributed by atoms with Gasteiger partial charge < -0.3 is 15.8 Å². The maximum atomic E-state index is 5.67. The number of hydrogen-bond donors (Lipinski definition) is 2. The minimum atomic E-state index is 0.478. The Labute approximate surface area is 94.0 Å². The highest BCUT2D eigenvalue weighted by atomic mass is 32.1. The number of ether oxygens (including phenoxy) is 1. The van der Waals surface area contributed by atoms with E-state index in [1.807, 2.05) is 0 Å². The predicted molar refractivity (Wildman–Crippen MR) is 63.5 cm³/mol. The summed E-state index contributed by atoms with van der Waals surface area (Å²) in [5.74, 6) is 1.17. The molecule has 15 heavy (non-hydrogen) atoms. The lowest BCUT2D eigenvalue weighted by Crippen LogP contribution is -2.14. The number of anilines is 2. The van der Waals surface area contributed by atoms with Crippen LogP contribution in [-0.2, 0) is 0 Å². The van der Waals surface area contributed by atoms with Gasteiger partial charge in [-0.1, -0.05) is 6.92 Å². The zero-order valence-electron chi connectivity index (χ0n) is 9.17. The van der Waals surface area contributed by atoms with Crippen LogP contribution in [0.4, 0.5) is 10.8 Å². The molecule has 4 nitrogen and oxygen atoms in total. The van der Waals surface area contributed by atoms with Crippen molar-refractivity contribution in [2.45, 2.75) is 26.2 Å². The van der Waals surface area contributed by atoms with Gasteiger partial charge in [0.1, 0.15) is 0 Å². The highest BCUT2D eigenvalue weighted by Crippen LogP contribution is 2.49. The maximum absolute atomic E-state index is 5.67. The zero-order chi connectivity index (χ0) is 10.9. The molecular formula is C10H17N3OS. The molecule has 5 heteroatoms. The summed E-state index contributed by atoms with van der Waals surface area (Å²) in [5.41, 5.74) is 6.19. The summed E-state index contributed by atoms with van der Waals surface area (Å²) in [5, 5.41) is 4.34. The van der Waals surface area contributed by atoms with Crippen LogP contribution in [-0.4, -0.2) is 18.0 Å². The molecule has 0 atom stereocenters. The summed E-state index contributed by atoms with van der Waals surface area (Å²) in [6, 6.07) is 0. The second-order valence-electron chi connectivity index (χ2n) is 4.14. The fourth-order valence-electron chi connectivity index (χ4n) is 1.70. The largest absolute Gasteiger partial charge is 0.490 e. The number of rotatable bonds is 5. The monoisotopic (exact) mass is 227 g/mol. The molecular weight excluding hydrogens is 210 g/mol. The number of nitrogen functional groups attached to an aromatic ring is 1. The van der Waals surface area contributed by atoms with E-state index in [2.05, 4.69) is 16.6 Å². The minimum absolute atomic E-state index is 0.478. The van der Waals surface area contributed by atoms with Crippen LogP contribution in [0, 0.1) is 5.41 Å². The van der Waals surface area contributed by atoms with Crippen molar-refractivity contribution in [1.82, 2.24) is 4.37 Å². The molecule has 1 aliphatic rings. The summed E-state index contributed by atoms with van der Waals surface area (Å²) >= 11 is 1.37. The highest BCUT2D eigenvalue weighted by Gasteiger charge is 2.40. The van der Waals surface area contributed by atoms with Gasteiger partial charge in [0.15, 0.2) is 16.6 Å². The Morgan fingerprint density at radius 3 is 2.87 bits per heavy atom. The molecule has 0 amide bonds. The SMILES string of the molecule is CCC1(CNc2snc(N)c2OC)CC1. The second kappa shape index (κ2) is 3.89. The van der Waals surface area contributed by atoms with Gasteiger partial charge in [-0.3, -0.25) is 0 Å². The van der Waals surface area contributed by atoms with Gasteiger partial charge in [0, 0.05) is 6.54 Å². The van der Waals surface area contributed by atoms with Crippen molar-refractivity contribution in [3.8, 4) is 5.75 Å². The number of aromatic nitrogens is 1. The van der Waals surface area contributed by atoms with Crippen LogP contribution in [0.15, 0.2) is 0 Å². The zero-order valence-corrected chi connectivity index (χ0v) is 9.99. The van der Waals surface area contributed by atoms with Crippen molar-refractivity contribution in [1.29, 1.82) is 0 Å². The van der Waals surface area contributed by atoms with Crippen molar-refractivity contribution in [3.63, 3.8) is 0 Å². The first-order valence-electron chi connectivity index (χ1n) is 5.24. The molecule has 2 rings (SSSR count). The fourth-order valence-corrected chi connectivity index (χ4v) is 2.38. The lowest BCUT2D eigenvalue weighted by atomic mass is 10.0. The van der Waals surface area contributed by atoms with Gasteiger partial charge in [-0.15, -0.1) is 0 Å². The van der Waals surface area contributed by atoms with E-state index in [4.69, 9.17) is 10.5 Å². The molecule has 1 aromatic heterocycles. The Kier molecular flexibility index (Phi) is 2.73. The lowest BCUT2D eigenvalue weighted by molar-refractivity contribution is 0.418. The standard InChI is InChI=1S/C10H17N3OS/c1-3-10(4-5-10)6-12-9-7(14-2)8(11)13-15-9/h12H,3-6H2,1-2H3,(H2,11,13). The third-order valence-corrected chi connectivity index (χ3v) is 4.01. The molecule has 0 spiro atoms. The van der Waals surface area contributed by atoms with E-state index in [0.29, 0.717) is 17.0 Å². The molecule has 0 radical (unpaired) electrons. The molecule has 0 unspecified atom stereocenters. The fraction of sp³-hybridized carbons (Fsp3) is 0.700. The Balaban J connectivity index is 1.98. The van der Waals surface area contributed by atoms with Gasteiger partial charge in [-0.25, -0.2) is 0 Å². The molecule has 1 heterocycles. The van der Waals surface area contributed by atoms with Crippen LogP contribution in [0.3, 0.4) is 0 Å². The summed E-state index contributed by atoms with van der Waals surface area (Å²) in [7, 11) is 1.62. The van der Waals surface area contributed by atoms with Crippen molar-refractivity contribution in [3.05, 3.63) is 0 Å². The molecule has 1 fully saturated rings. The van der Waals surface area contributed by atoms with Gasteiger partial charge in [0.2, 0.25) is 0 Å². The molecule has 0 bridgehead atoms. The average molecular weight is 227 g/mol. The van der Waals surface area contributed by atoms with Gasteiger partial charge in [0.25, 0.3) is 0 Å². The average Bonchev–Trinajstić information content (AvgIpc) is 2.95. The van der Waals surface area contributed by atoms with Crippen molar-refractivity contribution in [2.24, 2.45) is 5.41 Å². The molecule has 1 aliphatic carbocycles. The van der Waals surface area contributed by atoms with E-state index in [0.717, 1.165) is 11.5 Å². The Morgan fingerprint density at radius 1 is 1.60 bits per heavy atom. The Bertz CT molecular complexity index is 346. The van der Waals surface area contributed by atoms with E-state index in [1.165, 1.54) is 30.8 Å². The van der Waals surface area contributed by atoms with Crippen molar-refractivity contribution >= 4 is 22.4 Å². The summed E-state index contributed by atoms with van der Waals surface area (Å²) in [6.07, 6.45) is 3.89. The first kappa shape index (κ1) is 10.5. The number of nitrogens with two attached hydrogens (primary N) is 1. The van der Waals surface area contributed by atoms with Crippen LogP contribution in [0.5, 0.6) is 5.75 Å². The van der Waals surface area contributed by atoms with Crippen LogP contribution in [0.1, 0.15) is 26.2 Å². The quantitative estimate of drug-likeness (QED) is 0.810. The second-order valence-corrected chi connectivity index (χ2v) is 4.91. The first-order valence-corrected chi connectivity index (χ1v) is 6.01. The number of nitrogens with one attached hydrogen (secondary N) is 1. The summed E-state index contributed by atoms with van der Waals surface area (Å²) < 4.78 is 9.26. The van der Waals surface area contributed by atoms with Crippen LogP contribution in [0.2, 0.25) is 0 Å². The van der Waals surface area contributed by atoms with Gasteiger partial charge in [0.05, 0.1) is 7.11 Å². The van der Waals surface area contributed by atoms with E-state index in [-0.39, 0.29) is 0 Å². The predicted octanol–water partition coefficient (Wildman–Crippen LogP) is 2.34. The molecule has 0 aliphatic heterocycles. The number of nitrogens with zero attached hydrogens (tertiary/aromatic N) is 1. The van der Waals surface area contributed by atoms with Crippen LogP contribution >= 0.6 is 11.5 Å². The molecule has 1 aromatic rings. The third-order valence-electron chi connectivity index (χ3n) is 3.21. The van der Waals surface area contributed by atoms with Gasteiger partial charge in [-0.05, 0) is 36.2 Å². The Morgan fingerprint density at radius 2 is 2.33 bits per heavy atom. The molecule has 3 N–H and O–H groups in total. The van der Waals surface area contributed by atoms with Crippen molar-refractivity contribution < 1.29 is 4.74 Å². The summed E-state index contributed by atoms with van der Waals surface area (Å²) in [4.78, 5) is 0. The Hall–Kier alpha value is -0.970. The van der Waals surface area contributed by atoms with E-state index >= 15 is 0 Å². The molecule has 1 saturated carbocycles. The third kappa shape index (κ3) is 2.02.